The number of anilines is 1. The van der Waals surface area contributed by atoms with Gasteiger partial charge in [-0.2, -0.15) is 0 Å². The number of nitrogens with zero attached hydrogens (tertiary/aromatic N) is 4. The van der Waals surface area contributed by atoms with Gasteiger partial charge in [-0.05, 0) is 70.3 Å². The first-order valence-corrected chi connectivity index (χ1v) is 10.5. The summed E-state index contributed by atoms with van der Waals surface area (Å²) >= 11 is 1.50. The summed E-state index contributed by atoms with van der Waals surface area (Å²) in [5, 5.41) is 0. The van der Waals surface area contributed by atoms with Crippen molar-refractivity contribution >= 4 is 33.3 Å². The molecule has 146 valence electrons. The third-order valence-electron chi connectivity index (χ3n) is 5.10. The fraction of sp³-hybridized carbons (Fsp3) is 0.364. The van der Waals surface area contributed by atoms with E-state index < -0.39 is 0 Å². The Morgan fingerprint density at radius 1 is 1.07 bits per heavy atom. The lowest BCUT2D eigenvalue weighted by Gasteiger charge is -2.23. The minimum Gasteiger partial charge on any atom is -0.370 e. The molecule has 1 aliphatic heterocycles. The fourth-order valence-electron chi connectivity index (χ4n) is 3.60. The SMILES string of the molecule is CC(C)=Cc1cc2ncn(-c3ccc(N4CCCN(C)CC4)cc3)c(=O)c2s1. The molecule has 5 nitrogen and oxygen atoms in total. The van der Waals surface area contributed by atoms with Gasteiger partial charge in [0.1, 0.15) is 11.0 Å². The van der Waals surface area contributed by atoms with Gasteiger partial charge in [0, 0.05) is 30.2 Å². The van der Waals surface area contributed by atoms with Crippen LogP contribution in [-0.2, 0) is 0 Å². The van der Waals surface area contributed by atoms with Crippen LogP contribution in [0.25, 0.3) is 22.0 Å². The number of hydrogen-bond donors (Lipinski definition) is 0. The second-order valence-corrected chi connectivity index (χ2v) is 8.75. The van der Waals surface area contributed by atoms with Crippen molar-refractivity contribution in [2.24, 2.45) is 0 Å². The van der Waals surface area contributed by atoms with E-state index in [0.29, 0.717) is 4.70 Å². The van der Waals surface area contributed by atoms with Gasteiger partial charge in [0.2, 0.25) is 0 Å². The Kier molecular flexibility index (Phi) is 5.33. The molecule has 3 heterocycles. The highest BCUT2D eigenvalue weighted by atomic mass is 32.1. The number of thiophene rings is 1. The van der Waals surface area contributed by atoms with Crippen LogP contribution in [0.4, 0.5) is 5.69 Å². The zero-order chi connectivity index (χ0) is 19.7. The van der Waals surface area contributed by atoms with Crippen LogP contribution in [0.2, 0.25) is 0 Å². The highest BCUT2D eigenvalue weighted by Crippen LogP contribution is 2.24. The molecule has 1 aromatic carbocycles. The smallest absolute Gasteiger partial charge is 0.275 e. The molecule has 0 radical (unpaired) electrons. The average Bonchev–Trinajstić information content (AvgIpc) is 2.95. The molecule has 1 fully saturated rings. The molecule has 0 N–H and O–H groups in total. The molecule has 4 rings (SSSR count). The minimum atomic E-state index is -0.00689. The summed E-state index contributed by atoms with van der Waals surface area (Å²) in [5.41, 5.74) is 4.04. The van der Waals surface area contributed by atoms with E-state index in [1.165, 1.54) is 29.0 Å². The molecule has 0 amide bonds. The second kappa shape index (κ2) is 7.89. The third-order valence-corrected chi connectivity index (χ3v) is 6.16. The Bertz CT molecular complexity index is 1060. The maximum atomic E-state index is 13.0. The predicted octanol–water partition coefficient (Wildman–Crippen LogP) is 4.01. The van der Waals surface area contributed by atoms with E-state index >= 15 is 0 Å². The quantitative estimate of drug-likeness (QED) is 0.673. The molecule has 1 aliphatic rings. The van der Waals surface area contributed by atoms with Crippen molar-refractivity contribution in [3.8, 4) is 5.69 Å². The first kappa shape index (κ1) is 18.9. The molecule has 0 unspecified atom stereocenters. The van der Waals surface area contributed by atoms with E-state index in [4.69, 9.17) is 0 Å². The molecule has 1 saturated heterocycles. The van der Waals surface area contributed by atoms with E-state index in [2.05, 4.69) is 53.9 Å². The number of benzene rings is 1. The minimum absolute atomic E-state index is 0.00689. The predicted molar refractivity (Wildman–Crippen MR) is 119 cm³/mol. The molecule has 0 bridgehead atoms. The number of allylic oxidation sites excluding steroid dienone is 1. The van der Waals surface area contributed by atoms with E-state index in [1.54, 1.807) is 10.9 Å². The Hall–Kier alpha value is -2.44. The van der Waals surface area contributed by atoms with Crippen LogP contribution in [0.1, 0.15) is 25.1 Å². The van der Waals surface area contributed by atoms with Gasteiger partial charge < -0.3 is 9.80 Å². The van der Waals surface area contributed by atoms with Gasteiger partial charge in [0.25, 0.3) is 5.56 Å². The number of fused-ring (bicyclic) bond motifs is 1. The van der Waals surface area contributed by atoms with Crippen molar-refractivity contribution in [2.75, 3.05) is 38.1 Å². The Morgan fingerprint density at radius 2 is 1.82 bits per heavy atom. The van der Waals surface area contributed by atoms with Crippen molar-refractivity contribution in [3.05, 3.63) is 57.5 Å². The Morgan fingerprint density at radius 3 is 2.57 bits per heavy atom. The highest BCUT2D eigenvalue weighted by Gasteiger charge is 2.13. The summed E-state index contributed by atoms with van der Waals surface area (Å²) in [7, 11) is 2.18. The zero-order valence-electron chi connectivity index (χ0n) is 16.7. The van der Waals surface area contributed by atoms with Gasteiger partial charge in [-0.25, -0.2) is 4.98 Å². The van der Waals surface area contributed by atoms with Crippen LogP contribution < -0.4 is 10.5 Å². The topological polar surface area (TPSA) is 41.4 Å². The lowest BCUT2D eigenvalue weighted by molar-refractivity contribution is 0.360. The van der Waals surface area contributed by atoms with Crippen LogP contribution in [0.5, 0.6) is 0 Å². The van der Waals surface area contributed by atoms with Crippen LogP contribution in [0.3, 0.4) is 0 Å². The van der Waals surface area contributed by atoms with Crippen LogP contribution in [0.15, 0.2) is 47.0 Å². The lowest BCUT2D eigenvalue weighted by Crippen LogP contribution is -2.28. The van der Waals surface area contributed by atoms with Crippen LogP contribution in [-0.4, -0.2) is 47.7 Å². The summed E-state index contributed by atoms with van der Waals surface area (Å²) in [4.78, 5) is 23.4. The summed E-state index contributed by atoms with van der Waals surface area (Å²) in [6.07, 6.45) is 4.90. The van der Waals surface area contributed by atoms with Crippen molar-refractivity contribution in [3.63, 3.8) is 0 Å². The molecule has 0 spiro atoms. The molecule has 0 atom stereocenters. The molecule has 3 aromatic rings. The zero-order valence-corrected chi connectivity index (χ0v) is 17.5. The maximum absolute atomic E-state index is 13.0. The monoisotopic (exact) mass is 394 g/mol. The van der Waals surface area contributed by atoms with Gasteiger partial charge in [0.15, 0.2) is 0 Å². The normalized spacial score (nSPS) is 15.6. The molecular weight excluding hydrogens is 368 g/mol. The van der Waals surface area contributed by atoms with Crippen molar-refractivity contribution in [1.29, 1.82) is 0 Å². The van der Waals surface area contributed by atoms with Crippen LogP contribution >= 0.6 is 11.3 Å². The van der Waals surface area contributed by atoms with Crippen molar-refractivity contribution in [1.82, 2.24) is 14.5 Å². The average molecular weight is 395 g/mol. The van der Waals surface area contributed by atoms with Crippen molar-refractivity contribution < 1.29 is 0 Å². The third kappa shape index (κ3) is 3.88. The highest BCUT2D eigenvalue weighted by molar-refractivity contribution is 7.19. The fourth-order valence-corrected chi connectivity index (χ4v) is 4.70. The first-order chi connectivity index (χ1) is 13.5. The molecule has 28 heavy (non-hydrogen) atoms. The second-order valence-electron chi connectivity index (χ2n) is 7.66. The molecular formula is C22H26N4OS. The molecule has 6 heteroatoms. The Labute approximate surface area is 169 Å². The number of rotatable bonds is 3. The summed E-state index contributed by atoms with van der Waals surface area (Å²) in [6.45, 7) is 8.44. The molecule has 0 saturated carbocycles. The van der Waals surface area contributed by atoms with E-state index in [-0.39, 0.29) is 5.56 Å². The number of likely N-dealkylation sites (N-methyl/N-ethyl adjacent to an activating group) is 1. The Balaban J connectivity index is 1.63. The van der Waals surface area contributed by atoms with Gasteiger partial charge in [-0.3, -0.25) is 9.36 Å². The van der Waals surface area contributed by atoms with Gasteiger partial charge in [-0.1, -0.05) is 5.57 Å². The number of hydrogen-bond acceptors (Lipinski definition) is 5. The standard InChI is InChI=1S/C22H26N4OS/c1-16(2)13-19-14-20-21(28-19)22(27)26(15-23-20)18-7-5-17(6-8-18)25-10-4-9-24(3)11-12-25/h5-8,13-15H,4,9-12H2,1-3H3. The van der Waals surface area contributed by atoms with Crippen molar-refractivity contribution in [2.45, 2.75) is 20.3 Å². The van der Waals surface area contributed by atoms with Gasteiger partial charge >= 0.3 is 0 Å². The lowest BCUT2D eigenvalue weighted by atomic mass is 10.2. The summed E-state index contributed by atoms with van der Waals surface area (Å²) < 4.78 is 2.35. The summed E-state index contributed by atoms with van der Waals surface area (Å²) in [5.74, 6) is 0. The molecule has 2 aromatic heterocycles. The van der Waals surface area contributed by atoms with Crippen LogP contribution in [0, 0.1) is 0 Å². The summed E-state index contributed by atoms with van der Waals surface area (Å²) in [6, 6.07) is 10.2. The molecule has 0 aliphatic carbocycles. The first-order valence-electron chi connectivity index (χ1n) is 9.71. The number of aromatic nitrogens is 2. The maximum Gasteiger partial charge on any atom is 0.275 e. The largest absolute Gasteiger partial charge is 0.370 e. The van der Waals surface area contributed by atoms with Gasteiger partial charge in [0.05, 0.1) is 11.2 Å². The van der Waals surface area contributed by atoms with E-state index in [1.807, 2.05) is 18.2 Å². The van der Waals surface area contributed by atoms with Gasteiger partial charge in [-0.15, -0.1) is 11.3 Å². The van der Waals surface area contributed by atoms with E-state index in [0.717, 1.165) is 42.3 Å². The van der Waals surface area contributed by atoms with E-state index in [9.17, 15) is 4.79 Å².